The molecule has 2 rings (SSSR count). The summed E-state index contributed by atoms with van der Waals surface area (Å²) < 4.78 is 6.77. The lowest BCUT2D eigenvalue weighted by Crippen LogP contribution is -2.09. The van der Waals surface area contributed by atoms with E-state index in [0.29, 0.717) is 12.3 Å². The molecule has 0 amide bonds. The Morgan fingerprint density at radius 3 is 3.13 bits per heavy atom. The number of aromatic nitrogens is 3. The van der Waals surface area contributed by atoms with E-state index in [2.05, 4.69) is 10.3 Å². The predicted molar refractivity (Wildman–Crippen MR) is 53.5 cm³/mol. The largest absolute Gasteiger partial charge is 0.461 e. The highest BCUT2D eigenvalue weighted by Crippen LogP contribution is 2.16. The minimum absolute atomic E-state index is 0.347. The smallest absolute Gasteiger partial charge is 0.360 e. The molecule has 0 N–H and O–H groups in total. The topological polar surface area (TPSA) is 57.0 Å². The van der Waals surface area contributed by atoms with E-state index in [1.807, 2.05) is 4.68 Å². The van der Waals surface area contributed by atoms with Crippen molar-refractivity contribution in [2.75, 3.05) is 6.61 Å². The normalized spacial score (nSPS) is 15.5. The van der Waals surface area contributed by atoms with Gasteiger partial charge in [-0.2, -0.15) is 0 Å². The van der Waals surface area contributed by atoms with Crippen LogP contribution in [0.4, 0.5) is 0 Å². The highest BCUT2D eigenvalue weighted by Gasteiger charge is 2.21. The summed E-state index contributed by atoms with van der Waals surface area (Å²) in [6, 6.07) is 0. The standard InChI is InChI=1S/C10H15N3O2/c1-2-15-10(14)9-8-6-4-3-5-7-13(8)12-11-9/h2-7H2,1H3. The zero-order chi connectivity index (χ0) is 10.7. The van der Waals surface area contributed by atoms with Crippen molar-refractivity contribution in [1.82, 2.24) is 15.0 Å². The number of aryl methyl sites for hydroxylation is 1. The van der Waals surface area contributed by atoms with Gasteiger partial charge in [0.2, 0.25) is 0 Å². The summed E-state index contributed by atoms with van der Waals surface area (Å²) in [5, 5.41) is 7.88. The molecule has 1 aromatic rings. The second-order valence-corrected chi connectivity index (χ2v) is 3.64. The molecule has 0 saturated heterocycles. The summed E-state index contributed by atoms with van der Waals surface area (Å²) in [7, 11) is 0. The molecule has 0 aliphatic carbocycles. The Morgan fingerprint density at radius 1 is 1.47 bits per heavy atom. The molecule has 0 radical (unpaired) electrons. The molecule has 0 aromatic carbocycles. The summed E-state index contributed by atoms with van der Waals surface area (Å²) in [5.74, 6) is -0.347. The van der Waals surface area contributed by atoms with Crippen LogP contribution in [0.25, 0.3) is 0 Å². The van der Waals surface area contributed by atoms with Crippen molar-refractivity contribution < 1.29 is 9.53 Å². The third kappa shape index (κ3) is 2.00. The molecule has 5 nitrogen and oxygen atoms in total. The van der Waals surface area contributed by atoms with Gasteiger partial charge in [0.05, 0.1) is 12.3 Å². The summed E-state index contributed by atoms with van der Waals surface area (Å²) in [6.45, 7) is 3.03. The lowest BCUT2D eigenvalue weighted by atomic mass is 10.1. The Hall–Kier alpha value is -1.39. The van der Waals surface area contributed by atoms with Gasteiger partial charge in [-0.3, -0.25) is 0 Å². The van der Waals surface area contributed by atoms with Crippen molar-refractivity contribution in [1.29, 1.82) is 0 Å². The highest BCUT2D eigenvalue weighted by molar-refractivity contribution is 5.88. The van der Waals surface area contributed by atoms with Crippen molar-refractivity contribution in [3.63, 3.8) is 0 Å². The van der Waals surface area contributed by atoms with Crippen LogP contribution in [0.5, 0.6) is 0 Å². The summed E-state index contributed by atoms with van der Waals surface area (Å²) in [5.41, 5.74) is 1.34. The molecule has 1 aliphatic heterocycles. The van der Waals surface area contributed by atoms with Crippen molar-refractivity contribution in [3.8, 4) is 0 Å². The van der Waals surface area contributed by atoms with Gasteiger partial charge in [-0.15, -0.1) is 5.10 Å². The maximum absolute atomic E-state index is 11.6. The lowest BCUT2D eigenvalue weighted by molar-refractivity contribution is 0.0518. The number of hydrogen-bond donors (Lipinski definition) is 0. The summed E-state index contributed by atoms with van der Waals surface area (Å²) >= 11 is 0. The van der Waals surface area contributed by atoms with Gasteiger partial charge in [0.25, 0.3) is 0 Å². The van der Waals surface area contributed by atoms with Gasteiger partial charge in [0.15, 0.2) is 5.69 Å². The van der Waals surface area contributed by atoms with E-state index < -0.39 is 0 Å². The van der Waals surface area contributed by atoms with E-state index in [9.17, 15) is 4.79 Å². The lowest BCUT2D eigenvalue weighted by Gasteiger charge is -2.02. The van der Waals surface area contributed by atoms with Gasteiger partial charge in [0, 0.05) is 6.54 Å². The van der Waals surface area contributed by atoms with Crippen molar-refractivity contribution >= 4 is 5.97 Å². The Labute approximate surface area is 88.4 Å². The van der Waals surface area contributed by atoms with Crippen LogP contribution in [-0.4, -0.2) is 27.6 Å². The molecule has 5 heteroatoms. The third-order valence-electron chi connectivity index (χ3n) is 2.59. The van der Waals surface area contributed by atoms with E-state index in [4.69, 9.17) is 4.74 Å². The minimum atomic E-state index is -0.347. The van der Waals surface area contributed by atoms with Crippen LogP contribution in [-0.2, 0) is 17.7 Å². The first kappa shape index (κ1) is 10.1. The van der Waals surface area contributed by atoms with E-state index in [0.717, 1.165) is 31.5 Å². The van der Waals surface area contributed by atoms with E-state index in [1.165, 1.54) is 6.42 Å². The van der Waals surface area contributed by atoms with Crippen LogP contribution in [0.3, 0.4) is 0 Å². The van der Waals surface area contributed by atoms with Gasteiger partial charge in [-0.1, -0.05) is 11.6 Å². The van der Waals surface area contributed by atoms with E-state index >= 15 is 0 Å². The predicted octanol–water partition coefficient (Wildman–Crippen LogP) is 1.18. The molecular weight excluding hydrogens is 194 g/mol. The third-order valence-corrected chi connectivity index (χ3v) is 2.59. The van der Waals surface area contributed by atoms with Gasteiger partial charge in [-0.05, 0) is 26.2 Å². The number of nitrogens with zero attached hydrogens (tertiary/aromatic N) is 3. The number of ether oxygens (including phenoxy) is 1. The van der Waals surface area contributed by atoms with E-state index in [1.54, 1.807) is 6.92 Å². The molecule has 1 aliphatic rings. The molecule has 0 atom stereocenters. The quantitative estimate of drug-likeness (QED) is 0.686. The fraction of sp³-hybridized carbons (Fsp3) is 0.700. The second kappa shape index (κ2) is 4.42. The second-order valence-electron chi connectivity index (χ2n) is 3.64. The first-order chi connectivity index (χ1) is 7.33. The Balaban J connectivity index is 2.25. The zero-order valence-corrected chi connectivity index (χ0v) is 8.90. The van der Waals surface area contributed by atoms with Gasteiger partial charge in [0.1, 0.15) is 0 Å². The molecule has 0 fully saturated rings. The van der Waals surface area contributed by atoms with Crippen LogP contribution >= 0.6 is 0 Å². The number of hydrogen-bond acceptors (Lipinski definition) is 4. The van der Waals surface area contributed by atoms with Gasteiger partial charge in [-0.25, -0.2) is 9.48 Å². The zero-order valence-electron chi connectivity index (χ0n) is 8.90. The fourth-order valence-corrected chi connectivity index (χ4v) is 1.85. The number of fused-ring (bicyclic) bond motifs is 1. The van der Waals surface area contributed by atoms with Crippen LogP contribution in [0.15, 0.2) is 0 Å². The first-order valence-electron chi connectivity index (χ1n) is 5.42. The van der Waals surface area contributed by atoms with Crippen LogP contribution in [0.1, 0.15) is 42.4 Å². The number of carbonyl (C=O) groups excluding carboxylic acids is 1. The average Bonchev–Trinajstić information content (AvgIpc) is 2.48. The number of rotatable bonds is 2. The maximum Gasteiger partial charge on any atom is 0.360 e. The molecule has 15 heavy (non-hydrogen) atoms. The van der Waals surface area contributed by atoms with Crippen LogP contribution in [0, 0.1) is 0 Å². The summed E-state index contributed by atoms with van der Waals surface area (Å²) in [4.78, 5) is 11.6. The van der Waals surface area contributed by atoms with Crippen molar-refractivity contribution in [3.05, 3.63) is 11.4 Å². The monoisotopic (exact) mass is 209 g/mol. The van der Waals surface area contributed by atoms with Crippen molar-refractivity contribution in [2.45, 2.75) is 39.2 Å². The van der Waals surface area contributed by atoms with Gasteiger partial charge < -0.3 is 4.74 Å². The Kier molecular flexibility index (Phi) is 2.99. The van der Waals surface area contributed by atoms with E-state index in [-0.39, 0.29) is 5.97 Å². The SMILES string of the molecule is CCOC(=O)c1nnn2c1CCCCC2. The number of esters is 1. The van der Waals surface area contributed by atoms with Crippen LogP contribution < -0.4 is 0 Å². The molecule has 0 unspecified atom stereocenters. The van der Waals surface area contributed by atoms with Crippen LogP contribution in [0.2, 0.25) is 0 Å². The Morgan fingerprint density at radius 2 is 2.33 bits per heavy atom. The van der Waals surface area contributed by atoms with Crippen molar-refractivity contribution in [2.24, 2.45) is 0 Å². The minimum Gasteiger partial charge on any atom is -0.461 e. The fourth-order valence-electron chi connectivity index (χ4n) is 1.85. The molecule has 1 aromatic heterocycles. The molecule has 0 spiro atoms. The molecule has 0 saturated carbocycles. The Bertz CT molecular complexity index is 360. The molecule has 82 valence electrons. The molecule has 0 bridgehead atoms. The molecular formula is C10H15N3O2. The maximum atomic E-state index is 11.6. The summed E-state index contributed by atoms with van der Waals surface area (Å²) in [6.07, 6.45) is 4.27. The number of carbonyl (C=O) groups is 1. The molecule has 2 heterocycles. The first-order valence-corrected chi connectivity index (χ1v) is 5.42. The highest BCUT2D eigenvalue weighted by atomic mass is 16.5. The van der Waals surface area contributed by atoms with Gasteiger partial charge >= 0.3 is 5.97 Å². The average molecular weight is 209 g/mol.